The van der Waals surface area contributed by atoms with E-state index in [-0.39, 0.29) is 34.2 Å². The van der Waals surface area contributed by atoms with Crippen molar-refractivity contribution in [3.05, 3.63) is 88.6 Å². The molecule has 1 heterocycles. The SMILES string of the molecule is CCCOC(=O)c1ccccc1N1C(=O)C(Cl)=C(Nc2cccc(C(=O)Nc3ccc(OC)cc3OC)c2)C1=O. The summed E-state index contributed by atoms with van der Waals surface area (Å²) in [6.45, 7) is 2.04. The first-order valence-corrected chi connectivity index (χ1v) is 12.6. The van der Waals surface area contributed by atoms with Gasteiger partial charge in [0.15, 0.2) is 0 Å². The lowest BCUT2D eigenvalue weighted by atomic mass is 10.1. The summed E-state index contributed by atoms with van der Waals surface area (Å²) >= 11 is 6.29. The van der Waals surface area contributed by atoms with Crippen LogP contribution in [0.1, 0.15) is 34.1 Å². The Bertz CT molecular complexity index is 1520. The smallest absolute Gasteiger partial charge is 0.340 e. The Kier molecular flexibility index (Phi) is 8.70. The fourth-order valence-electron chi connectivity index (χ4n) is 3.92. The first kappa shape index (κ1) is 28.2. The number of methoxy groups -OCH3 is 2. The molecule has 0 spiro atoms. The fourth-order valence-corrected chi connectivity index (χ4v) is 4.14. The van der Waals surface area contributed by atoms with Crippen LogP contribution in [0.25, 0.3) is 0 Å². The number of hydrogen-bond acceptors (Lipinski definition) is 8. The van der Waals surface area contributed by atoms with Crippen molar-refractivity contribution in [1.82, 2.24) is 0 Å². The van der Waals surface area contributed by atoms with Crippen molar-refractivity contribution < 1.29 is 33.4 Å². The highest BCUT2D eigenvalue weighted by molar-refractivity contribution is 6.53. The number of benzene rings is 3. The van der Waals surface area contributed by atoms with Gasteiger partial charge in [0.25, 0.3) is 17.7 Å². The maximum atomic E-state index is 13.3. The summed E-state index contributed by atoms with van der Waals surface area (Å²) in [5, 5.41) is 5.26. The van der Waals surface area contributed by atoms with Crippen LogP contribution in [0.15, 0.2) is 77.5 Å². The van der Waals surface area contributed by atoms with Gasteiger partial charge in [-0.15, -0.1) is 0 Å². The molecule has 0 aromatic heterocycles. The van der Waals surface area contributed by atoms with Gasteiger partial charge in [-0.05, 0) is 48.9 Å². The Morgan fingerprint density at radius 3 is 2.42 bits per heavy atom. The van der Waals surface area contributed by atoms with Gasteiger partial charge in [0, 0.05) is 17.3 Å². The van der Waals surface area contributed by atoms with E-state index < -0.39 is 23.7 Å². The van der Waals surface area contributed by atoms with Gasteiger partial charge in [0.05, 0.1) is 37.8 Å². The Morgan fingerprint density at radius 1 is 0.925 bits per heavy atom. The van der Waals surface area contributed by atoms with Crippen LogP contribution >= 0.6 is 11.6 Å². The predicted molar refractivity (Wildman–Crippen MR) is 150 cm³/mol. The summed E-state index contributed by atoms with van der Waals surface area (Å²) in [4.78, 5) is 52.7. The third-order valence-corrected chi connectivity index (χ3v) is 6.23. The number of halogens is 1. The molecule has 0 unspecified atom stereocenters. The van der Waals surface area contributed by atoms with E-state index in [2.05, 4.69) is 10.6 Å². The van der Waals surface area contributed by atoms with E-state index >= 15 is 0 Å². The molecule has 1 aliphatic rings. The van der Waals surface area contributed by atoms with Crippen LogP contribution in [-0.2, 0) is 14.3 Å². The summed E-state index contributed by atoms with van der Waals surface area (Å²) in [6, 6.07) is 17.4. The average Bonchev–Trinajstić information content (AvgIpc) is 3.18. The molecule has 2 N–H and O–H groups in total. The van der Waals surface area contributed by atoms with E-state index in [0.717, 1.165) is 4.90 Å². The lowest BCUT2D eigenvalue weighted by Crippen LogP contribution is -2.33. The topological polar surface area (TPSA) is 123 Å². The summed E-state index contributed by atoms with van der Waals surface area (Å²) < 4.78 is 15.7. The molecule has 0 fully saturated rings. The number of imide groups is 1. The van der Waals surface area contributed by atoms with Crippen LogP contribution in [0, 0.1) is 0 Å². The van der Waals surface area contributed by atoms with Gasteiger partial charge in [-0.1, -0.05) is 36.7 Å². The van der Waals surface area contributed by atoms with E-state index in [1.807, 2.05) is 6.92 Å². The first-order chi connectivity index (χ1) is 19.3. The third kappa shape index (κ3) is 5.76. The first-order valence-electron chi connectivity index (χ1n) is 12.2. The highest BCUT2D eigenvalue weighted by atomic mass is 35.5. The van der Waals surface area contributed by atoms with Crippen molar-refractivity contribution >= 4 is 52.4 Å². The molecule has 3 amide bonds. The second kappa shape index (κ2) is 12.4. The maximum Gasteiger partial charge on any atom is 0.340 e. The molecule has 0 aliphatic carbocycles. The Balaban J connectivity index is 1.55. The standard InChI is InChI=1S/C29H26ClN3O7/c1-4-14-40-29(37)20-10-5-6-11-22(20)33-27(35)24(30)25(28(33)36)31-18-9-7-8-17(15-18)26(34)32-21-13-12-19(38-2)16-23(21)39-3/h5-13,15-16,31H,4,14H2,1-3H3,(H,32,34). The molecular formula is C29H26ClN3O7. The monoisotopic (exact) mass is 563 g/mol. The molecule has 1 aliphatic heterocycles. The van der Waals surface area contributed by atoms with E-state index in [4.69, 9.17) is 25.8 Å². The minimum absolute atomic E-state index is 0.0510. The zero-order valence-electron chi connectivity index (χ0n) is 21.9. The van der Waals surface area contributed by atoms with Crippen molar-refractivity contribution in [1.29, 1.82) is 0 Å². The number of amides is 3. The van der Waals surface area contributed by atoms with Gasteiger partial charge in [0.1, 0.15) is 22.2 Å². The summed E-state index contributed by atoms with van der Waals surface area (Å²) in [5.74, 6) is -1.69. The summed E-state index contributed by atoms with van der Waals surface area (Å²) in [7, 11) is 3.00. The molecule has 0 radical (unpaired) electrons. The Labute approximate surface area is 235 Å². The van der Waals surface area contributed by atoms with Crippen molar-refractivity contribution in [2.75, 3.05) is 36.4 Å². The van der Waals surface area contributed by atoms with Crippen LogP contribution in [0.2, 0.25) is 0 Å². The number of hydrogen-bond donors (Lipinski definition) is 2. The second-order valence-corrected chi connectivity index (χ2v) is 8.89. The number of ether oxygens (including phenoxy) is 3. The highest BCUT2D eigenvalue weighted by Crippen LogP contribution is 2.33. The normalized spacial score (nSPS) is 12.8. The number of anilines is 3. The van der Waals surface area contributed by atoms with Gasteiger partial charge >= 0.3 is 5.97 Å². The lowest BCUT2D eigenvalue weighted by Gasteiger charge is -2.18. The van der Waals surface area contributed by atoms with Gasteiger partial charge in [-0.2, -0.15) is 0 Å². The van der Waals surface area contributed by atoms with Crippen molar-refractivity contribution in [2.24, 2.45) is 0 Å². The van der Waals surface area contributed by atoms with Gasteiger partial charge in [-0.3, -0.25) is 14.4 Å². The lowest BCUT2D eigenvalue weighted by molar-refractivity contribution is -0.120. The molecule has 0 saturated carbocycles. The number of esters is 1. The van der Waals surface area contributed by atoms with Crippen molar-refractivity contribution in [3.8, 4) is 11.5 Å². The number of nitrogens with zero attached hydrogens (tertiary/aromatic N) is 1. The molecule has 206 valence electrons. The number of para-hydroxylation sites is 1. The van der Waals surface area contributed by atoms with Crippen LogP contribution in [0.5, 0.6) is 11.5 Å². The molecule has 0 atom stereocenters. The molecule has 3 aromatic rings. The maximum absolute atomic E-state index is 13.3. The average molecular weight is 564 g/mol. The number of rotatable bonds is 10. The highest BCUT2D eigenvalue weighted by Gasteiger charge is 2.40. The molecular weight excluding hydrogens is 538 g/mol. The number of nitrogens with one attached hydrogen (secondary N) is 2. The van der Waals surface area contributed by atoms with Crippen LogP contribution < -0.4 is 25.0 Å². The Hall–Kier alpha value is -4.83. The molecule has 3 aromatic carbocycles. The Morgan fingerprint density at radius 2 is 1.70 bits per heavy atom. The molecule has 40 heavy (non-hydrogen) atoms. The van der Waals surface area contributed by atoms with Gasteiger partial charge < -0.3 is 24.8 Å². The fraction of sp³-hybridized carbons (Fsp3) is 0.172. The quantitative estimate of drug-likeness (QED) is 0.262. The number of carbonyl (C=O) groups is 4. The van der Waals surface area contributed by atoms with E-state index in [1.54, 1.807) is 48.5 Å². The molecule has 10 nitrogen and oxygen atoms in total. The van der Waals surface area contributed by atoms with Crippen LogP contribution in [0.4, 0.5) is 17.1 Å². The summed E-state index contributed by atoms with van der Waals surface area (Å²) in [6.07, 6.45) is 0.613. The largest absolute Gasteiger partial charge is 0.497 e. The van der Waals surface area contributed by atoms with E-state index in [0.29, 0.717) is 29.3 Å². The molecule has 11 heteroatoms. The minimum atomic E-state index is -0.801. The van der Waals surface area contributed by atoms with E-state index in [1.165, 1.54) is 32.4 Å². The zero-order valence-corrected chi connectivity index (χ0v) is 22.7. The third-order valence-electron chi connectivity index (χ3n) is 5.88. The molecule has 0 bridgehead atoms. The second-order valence-electron chi connectivity index (χ2n) is 8.51. The van der Waals surface area contributed by atoms with Gasteiger partial charge in [0.2, 0.25) is 0 Å². The molecule has 0 saturated heterocycles. The van der Waals surface area contributed by atoms with Gasteiger partial charge in [-0.25, -0.2) is 9.69 Å². The number of carbonyl (C=O) groups excluding carboxylic acids is 4. The minimum Gasteiger partial charge on any atom is -0.497 e. The van der Waals surface area contributed by atoms with Crippen molar-refractivity contribution in [3.63, 3.8) is 0 Å². The van der Waals surface area contributed by atoms with Crippen molar-refractivity contribution in [2.45, 2.75) is 13.3 Å². The van der Waals surface area contributed by atoms with Crippen LogP contribution in [0.3, 0.4) is 0 Å². The molecule has 4 rings (SSSR count). The predicted octanol–water partition coefficient (Wildman–Crippen LogP) is 4.96. The summed E-state index contributed by atoms with van der Waals surface area (Å²) in [5.41, 5.74) is 0.933. The van der Waals surface area contributed by atoms with Crippen LogP contribution in [-0.4, -0.2) is 44.5 Å². The van der Waals surface area contributed by atoms with E-state index in [9.17, 15) is 19.2 Å². The zero-order chi connectivity index (χ0) is 28.8.